The summed E-state index contributed by atoms with van der Waals surface area (Å²) in [6.45, 7) is 6.84. The fourth-order valence-electron chi connectivity index (χ4n) is 1.79. The molecule has 1 atom stereocenters. The molecule has 0 radical (unpaired) electrons. The fourth-order valence-corrected chi connectivity index (χ4v) is 1.79. The van der Waals surface area contributed by atoms with Gasteiger partial charge in [0.15, 0.2) is 5.96 Å². The van der Waals surface area contributed by atoms with Crippen LogP contribution in [0.15, 0.2) is 0 Å². The van der Waals surface area contributed by atoms with Crippen LogP contribution in [0.4, 0.5) is 4.79 Å². The van der Waals surface area contributed by atoms with Crippen LogP contribution in [-0.2, 0) is 4.74 Å². The number of amides is 1. The maximum absolute atomic E-state index is 11.6. The second kappa shape index (κ2) is 5.25. The Balaban J connectivity index is 2.41. The number of alkyl carbamates (subject to hydrolysis) is 1. The predicted molar refractivity (Wildman–Crippen MR) is 65.9 cm³/mol. The number of likely N-dealkylation sites (tertiary alicyclic amines) is 1. The number of hydrogen-bond acceptors (Lipinski definition) is 3. The van der Waals surface area contributed by atoms with Crippen molar-refractivity contribution in [2.75, 3.05) is 13.1 Å². The molecule has 1 aliphatic rings. The summed E-state index contributed by atoms with van der Waals surface area (Å²) in [4.78, 5) is 13.3. The first-order chi connectivity index (χ1) is 7.78. The van der Waals surface area contributed by atoms with Gasteiger partial charge in [-0.3, -0.25) is 5.41 Å². The number of nitrogens with one attached hydrogen (secondary N) is 2. The summed E-state index contributed by atoms with van der Waals surface area (Å²) in [6.07, 6.45) is 1.40. The zero-order valence-corrected chi connectivity index (χ0v) is 10.7. The van der Waals surface area contributed by atoms with Crippen molar-refractivity contribution >= 4 is 12.1 Å². The molecule has 0 aliphatic carbocycles. The molecule has 0 aromatic heterocycles. The van der Waals surface area contributed by atoms with E-state index in [1.165, 1.54) is 0 Å². The van der Waals surface area contributed by atoms with Gasteiger partial charge in [0.05, 0.1) is 0 Å². The van der Waals surface area contributed by atoms with Crippen LogP contribution in [0.3, 0.4) is 0 Å². The maximum atomic E-state index is 11.6. The van der Waals surface area contributed by atoms with E-state index in [0.717, 1.165) is 19.4 Å². The zero-order valence-electron chi connectivity index (χ0n) is 10.7. The lowest BCUT2D eigenvalue weighted by molar-refractivity contribution is 0.0485. The number of nitrogens with two attached hydrogens (primary N) is 1. The number of ether oxygens (including phenoxy) is 1. The molecule has 1 rings (SSSR count). The Labute approximate surface area is 102 Å². The van der Waals surface area contributed by atoms with Gasteiger partial charge in [0, 0.05) is 19.1 Å². The third-order valence-corrected chi connectivity index (χ3v) is 2.48. The van der Waals surface area contributed by atoms with Crippen LogP contribution in [0.25, 0.3) is 0 Å². The standard InChI is InChI=1S/C11H22N4O2/c1-11(2,3)17-10(16)14-8-5-4-6-15(7-8)9(12)13/h8H,4-7H2,1-3H3,(H3,12,13)(H,14,16). The molecule has 0 aromatic rings. The summed E-state index contributed by atoms with van der Waals surface area (Å²) < 4.78 is 5.18. The smallest absolute Gasteiger partial charge is 0.407 e. The van der Waals surface area contributed by atoms with Gasteiger partial charge in [0.25, 0.3) is 0 Å². The van der Waals surface area contributed by atoms with E-state index in [1.54, 1.807) is 4.90 Å². The molecule has 1 fully saturated rings. The van der Waals surface area contributed by atoms with Crippen molar-refractivity contribution in [3.63, 3.8) is 0 Å². The van der Waals surface area contributed by atoms with Crippen LogP contribution in [0.1, 0.15) is 33.6 Å². The van der Waals surface area contributed by atoms with Crippen LogP contribution < -0.4 is 11.1 Å². The average Bonchev–Trinajstić information content (AvgIpc) is 2.14. The number of carbonyl (C=O) groups is 1. The second-order valence-corrected chi connectivity index (χ2v) is 5.32. The Hall–Kier alpha value is -1.46. The predicted octanol–water partition coefficient (Wildman–Crippen LogP) is 0.869. The SMILES string of the molecule is CC(C)(C)OC(=O)NC1CCCN(C(=N)N)C1. The van der Waals surface area contributed by atoms with Crippen LogP contribution >= 0.6 is 0 Å². The molecule has 1 amide bonds. The van der Waals surface area contributed by atoms with E-state index in [1.807, 2.05) is 20.8 Å². The third kappa shape index (κ3) is 4.93. The van der Waals surface area contributed by atoms with Gasteiger partial charge in [0.2, 0.25) is 0 Å². The molecule has 6 nitrogen and oxygen atoms in total. The molecule has 1 unspecified atom stereocenters. The number of rotatable bonds is 1. The number of carbonyl (C=O) groups excluding carboxylic acids is 1. The van der Waals surface area contributed by atoms with E-state index in [4.69, 9.17) is 15.9 Å². The monoisotopic (exact) mass is 242 g/mol. The minimum Gasteiger partial charge on any atom is -0.444 e. The van der Waals surface area contributed by atoms with Crippen molar-refractivity contribution in [2.24, 2.45) is 5.73 Å². The second-order valence-electron chi connectivity index (χ2n) is 5.32. The highest BCUT2D eigenvalue weighted by atomic mass is 16.6. The molecule has 1 aliphatic heterocycles. The first-order valence-corrected chi connectivity index (χ1v) is 5.86. The summed E-state index contributed by atoms with van der Waals surface area (Å²) in [7, 11) is 0. The Morgan fingerprint density at radius 3 is 2.71 bits per heavy atom. The molecule has 98 valence electrons. The van der Waals surface area contributed by atoms with Crippen molar-refractivity contribution in [1.82, 2.24) is 10.2 Å². The van der Waals surface area contributed by atoms with E-state index in [9.17, 15) is 4.79 Å². The molecule has 1 saturated heterocycles. The van der Waals surface area contributed by atoms with Crippen LogP contribution in [0.5, 0.6) is 0 Å². The van der Waals surface area contributed by atoms with Gasteiger partial charge in [-0.15, -0.1) is 0 Å². The topological polar surface area (TPSA) is 91.4 Å². The van der Waals surface area contributed by atoms with Crippen LogP contribution in [0.2, 0.25) is 0 Å². The van der Waals surface area contributed by atoms with E-state index in [0.29, 0.717) is 6.54 Å². The molecule has 0 bridgehead atoms. The lowest BCUT2D eigenvalue weighted by atomic mass is 10.1. The molecule has 4 N–H and O–H groups in total. The number of piperidine rings is 1. The van der Waals surface area contributed by atoms with Gasteiger partial charge < -0.3 is 20.7 Å². The minimum atomic E-state index is -0.487. The molecule has 6 heteroatoms. The molecule has 0 aromatic carbocycles. The quantitative estimate of drug-likeness (QED) is 0.470. The lowest BCUT2D eigenvalue weighted by Crippen LogP contribution is -2.52. The molecule has 0 spiro atoms. The summed E-state index contributed by atoms with van der Waals surface area (Å²) in [5, 5.41) is 10.2. The summed E-state index contributed by atoms with van der Waals surface area (Å²) >= 11 is 0. The summed E-state index contributed by atoms with van der Waals surface area (Å²) in [5.74, 6) is 0.0562. The van der Waals surface area contributed by atoms with Gasteiger partial charge in [-0.05, 0) is 33.6 Å². The van der Waals surface area contributed by atoms with Crippen molar-refractivity contribution in [3.05, 3.63) is 0 Å². The largest absolute Gasteiger partial charge is 0.444 e. The first kappa shape index (κ1) is 13.6. The average molecular weight is 242 g/mol. The van der Waals surface area contributed by atoms with Crippen molar-refractivity contribution in [1.29, 1.82) is 5.41 Å². The summed E-state index contributed by atoms with van der Waals surface area (Å²) in [6, 6.07) is 0.00231. The molecular formula is C11H22N4O2. The molecule has 17 heavy (non-hydrogen) atoms. The third-order valence-electron chi connectivity index (χ3n) is 2.48. The van der Waals surface area contributed by atoms with E-state index in [-0.39, 0.29) is 12.0 Å². The van der Waals surface area contributed by atoms with Crippen molar-refractivity contribution < 1.29 is 9.53 Å². The molecule has 1 heterocycles. The van der Waals surface area contributed by atoms with Gasteiger partial charge >= 0.3 is 6.09 Å². The normalized spacial score (nSPS) is 20.9. The van der Waals surface area contributed by atoms with Crippen molar-refractivity contribution in [3.8, 4) is 0 Å². The maximum Gasteiger partial charge on any atom is 0.407 e. The van der Waals surface area contributed by atoms with E-state index >= 15 is 0 Å². The van der Waals surface area contributed by atoms with Gasteiger partial charge in [0.1, 0.15) is 5.60 Å². The van der Waals surface area contributed by atoms with Crippen molar-refractivity contribution in [2.45, 2.75) is 45.3 Å². The van der Waals surface area contributed by atoms with Crippen LogP contribution in [0, 0.1) is 5.41 Å². The number of hydrogen-bond donors (Lipinski definition) is 3. The summed E-state index contributed by atoms with van der Waals surface area (Å²) in [5.41, 5.74) is 4.94. The highest BCUT2D eigenvalue weighted by molar-refractivity contribution is 5.75. The highest BCUT2D eigenvalue weighted by Crippen LogP contribution is 2.11. The van der Waals surface area contributed by atoms with Crippen LogP contribution in [-0.4, -0.2) is 41.7 Å². The minimum absolute atomic E-state index is 0.00231. The Morgan fingerprint density at radius 2 is 2.18 bits per heavy atom. The Kier molecular flexibility index (Phi) is 4.20. The highest BCUT2D eigenvalue weighted by Gasteiger charge is 2.24. The molecule has 0 saturated carbocycles. The Bertz CT molecular complexity index is 298. The van der Waals surface area contributed by atoms with E-state index in [2.05, 4.69) is 5.32 Å². The number of guanidine groups is 1. The molecular weight excluding hydrogens is 220 g/mol. The lowest BCUT2D eigenvalue weighted by Gasteiger charge is -2.33. The van der Waals surface area contributed by atoms with Gasteiger partial charge in [-0.2, -0.15) is 0 Å². The van der Waals surface area contributed by atoms with Gasteiger partial charge in [-0.1, -0.05) is 0 Å². The van der Waals surface area contributed by atoms with Gasteiger partial charge in [-0.25, -0.2) is 4.79 Å². The first-order valence-electron chi connectivity index (χ1n) is 5.86. The van der Waals surface area contributed by atoms with E-state index < -0.39 is 11.7 Å². The number of nitrogens with zero attached hydrogens (tertiary/aromatic N) is 1. The Morgan fingerprint density at radius 1 is 1.53 bits per heavy atom. The zero-order chi connectivity index (χ0) is 13.1. The fraction of sp³-hybridized carbons (Fsp3) is 0.818.